The van der Waals surface area contributed by atoms with Crippen molar-refractivity contribution < 1.29 is 9.32 Å². The van der Waals surface area contributed by atoms with Crippen molar-refractivity contribution in [3.8, 4) is 6.07 Å². The summed E-state index contributed by atoms with van der Waals surface area (Å²) in [6.45, 7) is 2.34. The van der Waals surface area contributed by atoms with Crippen LogP contribution in [0.4, 0.5) is 5.69 Å². The van der Waals surface area contributed by atoms with Crippen molar-refractivity contribution in [3.63, 3.8) is 0 Å². The molecule has 7 heteroatoms. The molecule has 1 amide bonds. The number of aromatic nitrogens is 2. The molecule has 0 aliphatic carbocycles. The predicted octanol–water partition coefficient (Wildman–Crippen LogP) is 2.85. The van der Waals surface area contributed by atoms with E-state index in [1.54, 1.807) is 25.5 Å². The number of aliphatic imine (C=N–C) groups is 1. The molecule has 0 fully saturated rings. The number of anilines is 1. The molecule has 0 saturated carbocycles. The number of hydrogen-bond acceptors (Lipinski definition) is 6. The third kappa shape index (κ3) is 2.74. The van der Waals surface area contributed by atoms with Gasteiger partial charge in [0.15, 0.2) is 0 Å². The van der Waals surface area contributed by atoms with E-state index < -0.39 is 0 Å². The van der Waals surface area contributed by atoms with Crippen LogP contribution in [0.5, 0.6) is 0 Å². The van der Waals surface area contributed by atoms with Gasteiger partial charge in [0.2, 0.25) is 0 Å². The van der Waals surface area contributed by atoms with E-state index in [1.807, 2.05) is 24.3 Å². The summed E-state index contributed by atoms with van der Waals surface area (Å²) >= 11 is 0. The van der Waals surface area contributed by atoms with Crippen LogP contribution < -0.4 is 5.32 Å². The number of amides is 1. The number of nitrogens with one attached hydrogen (secondary N) is 1. The van der Waals surface area contributed by atoms with Crippen LogP contribution in [0, 0.1) is 18.3 Å². The number of carbonyl (C=O) groups excluding carboxylic acids is 1. The maximum Gasteiger partial charge on any atom is 0.274 e. The molecule has 126 valence electrons. The highest BCUT2D eigenvalue weighted by Gasteiger charge is 2.20. The molecule has 3 heterocycles. The first-order valence-corrected chi connectivity index (χ1v) is 7.91. The number of benzene rings is 1. The number of carbonyl (C=O) groups is 1. The number of hydrogen-bond donors (Lipinski definition) is 1. The second kappa shape index (κ2) is 6.26. The van der Waals surface area contributed by atoms with Crippen molar-refractivity contribution in [2.45, 2.75) is 13.5 Å². The maximum absolute atomic E-state index is 12.5. The van der Waals surface area contributed by atoms with Crippen LogP contribution in [0.3, 0.4) is 0 Å². The Morgan fingerprint density at radius 3 is 2.92 bits per heavy atom. The van der Waals surface area contributed by atoms with Crippen molar-refractivity contribution in [1.29, 1.82) is 5.26 Å². The summed E-state index contributed by atoms with van der Waals surface area (Å²) in [6.07, 6.45) is 4.55. The van der Waals surface area contributed by atoms with E-state index in [9.17, 15) is 4.79 Å². The molecule has 1 N–H and O–H groups in total. The van der Waals surface area contributed by atoms with Crippen LogP contribution in [0.25, 0.3) is 0 Å². The van der Waals surface area contributed by atoms with Gasteiger partial charge in [0, 0.05) is 17.4 Å². The normalized spacial score (nSPS) is 12.2. The van der Waals surface area contributed by atoms with Crippen molar-refractivity contribution in [2.24, 2.45) is 4.99 Å². The Kier molecular flexibility index (Phi) is 3.78. The molecule has 0 radical (unpaired) electrons. The molecule has 26 heavy (non-hydrogen) atoms. The summed E-state index contributed by atoms with van der Waals surface area (Å²) in [5, 5.41) is 15.5. The number of aryl methyl sites for hydroxylation is 1. The largest absolute Gasteiger partial charge is 0.364 e. The molecule has 0 unspecified atom stereocenters. The van der Waals surface area contributed by atoms with E-state index in [0.717, 1.165) is 22.4 Å². The molecule has 7 nitrogen and oxygen atoms in total. The van der Waals surface area contributed by atoms with Crippen LogP contribution >= 0.6 is 0 Å². The molecule has 0 atom stereocenters. The SMILES string of the molecule is Cc1cc(C#N)cnc1C(=O)Nc1ccc2c(c1)C(c1cnoc1)=NC2. The van der Waals surface area contributed by atoms with Gasteiger partial charge in [-0.15, -0.1) is 0 Å². The van der Waals surface area contributed by atoms with Crippen LogP contribution in [-0.4, -0.2) is 21.8 Å². The van der Waals surface area contributed by atoms with Gasteiger partial charge in [-0.05, 0) is 36.2 Å². The van der Waals surface area contributed by atoms with E-state index in [0.29, 0.717) is 23.4 Å². The Labute approximate surface area is 149 Å². The number of pyridine rings is 1. The Balaban J connectivity index is 1.61. The van der Waals surface area contributed by atoms with Gasteiger partial charge >= 0.3 is 0 Å². The summed E-state index contributed by atoms with van der Waals surface area (Å²) in [6, 6.07) is 9.30. The Hall–Kier alpha value is -3.79. The van der Waals surface area contributed by atoms with Crippen LogP contribution in [0.15, 0.2) is 52.4 Å². The van der Waals surface area contributed by atoms with Gasteiger partial charge < -0.3 is 9.84 Å². The van der Waals surface area contributed by atoms with Crippen LogP contribution in [-0.2, 0) is 6.54 Å². The molecule has 0 saturated heterocycles. The molecular weight excluding hydrogens is 330 g/mol. The number of rotatable bonds is 3. The van der Waals surface area contributed by atoms with Gasteiger partial charge in [-0.3, -0.25) is 9.79 Å². The second-order valence-corrected chi connectivity index (χ2v) is 5.91. The molecule has 1 aliphatic rings. The quantitative estimate of drug-likeness (QED) is 0.787. The molecule has 2 aromatic heterocycles. The number of nitrogens with zero attached hydrogens (tertiary/aromatic N) is 4. The van der Waals surface area contributed by atoms with Gasteiger partial charge in [0.1, 0.15) is 18.0 Å². The average Bonchev–Trinajstić information content (AvgIpc) is 3.30. The van der Waals surface area contributed by atoms with E-state index >= 15 is 0 Å². The van der Waals surface area contributed by atoms with E-state index in [2.05, 4.69) is 20.4 Å². The van der Waals surface area contributed by atoms with Gasteiger partial charge in [0.05, 0.1) is 29.6 Å². The Bertz CT molecular complexity index is 1080. The molecule has 1 aliphatic heterocycles. The third-order valence-electron chi connectivity index (χ3n) is 4.16. The zero-order valence-corrected chi connectivity index (χ0v) is 13.9. The molecule has 0 spiro atoms. The minimum absolute atomic E-state index is 0.289. The van der Waals surface area contributed by atoms with Gasteiger partial charge in [-0.2, -0.15) is 5.26 Å². The summed E-state index contributed by atoms with van der Waals surface area (Å²) in [4.78, 5) is 21.1. The first-order valence-electron chi connectivity index (χ1n) is 7.91. The zero-order chi connectivity index (χ0) is 18.1. The zero-order valence-electron chi connectivity index (χ0n) is 13.9. The monoisotopic (exact) mass is 343 g/mol. The van der Waals surface area contributed by atoms with Crippen LogP contribution in [0.1, 0.15) is 38.3 Å². The third-order valence-corrected chi connectivity index (χ3v) is 4.16. The summed E-state index contributed by atoms with van der Waals surface area (Å²) in [7, 11) is 0. The highest BCUT2D eigenvalue weighted by Crippen LogP contribution is 2.26. The minimum Gasteiger partial charge on any atom is -0.364 e. The standard InChI is InChI=1S/C19H13N5O2/c1-11-4-12(6-20)7-21-17(11)19(25)24-15-3-2-13-8-22-18(16(13)5-15)14-9-23-26-10-14/h2-5,7,9-10H,8H2,1H3,(H,24,25). The highest BCUT2D eigenvalue weighted by molar-refractivity contribution is 6.15. The second-order valence-electron chi connectivity index (χ2n) is 5.91. The van der Waals surface area contributed by atoms with Crippen molar-refractivity contribution in [1.82, 2.24) is 10.1 Å². The minimum atomic E-state index is -0.326. The van der Waals surface area contributed by atoms with Crippen molar-refractivity contribution in [2.75, 3.05) is 5.32 Å². The lowest BCUT2D eigenvalue weighted by Gasteiger charge is -2.09. The number of nitriles is 1. The predicted molar refractivity (Wildman–Crippen MR) is 93.9 cm³/mol. The summed E-state index contributed by atoms with van der Waals surface area (Å²) in [5.74, 6) is -0.326. The lowest BCUT2D eigenvalue weighted by atomic mass is 10.0. The maximum atomic E-state index is 12.5. The first kappa shape index (κ1) is 15.7. The molecule has 4 rings (SSSR count). The summed E-state index contributed by atoms with van der Waals surface area (Å²) < 4.78 is 4.89. The Morgan fingerprint density at radius 1 is 1.31 bits per heavy atom. The fourth-order valence-electron chi connectivity index (χ4n) is 2.89. The summed E-state index contributed by atoms with van der Waals surface area (Å²) in [5.41, 5.74) is 5.62. The topological polar surface area (TPSA) is 104 Å². The average molecular weight is 343 g/mol. The molecular formula is C19H13N5O2. The highest BCUT2D eigenvalue weighted by atomic mass is 16.5. The molecule has 0 bridgehead atoms. The molecule has 3 aromatic rings. The fourth-order valence-corrected chi connectivity index (χ4v) is 2.89. The van der Waals surface area contributed by atoms with Gasteiger partial charge in [0.25, 0.3) is 5.91 Å². The van der Waals surface area contributed by atoms with E-state index in [4.69, 9.17) is 9.78 Å². The van der Waals surface area contributed by atoms with Gasteiger partial charge in [-0.25, -0.2) is 4.98 Å². The smallest absolute Gasteiger partial charge is 0.274 e. The number of fused-ring (bicyclic) bond motifs is 1. The van der Waals surface area contributed by atoms with Crippen molar-refractivity contribution in [3.05, 3.63) is 76.4 Å². The van der Waals surface area contributed by atoms with Crippen LogP contribution in [0.2, 0.25) is 0 Å². The van der Waals surface area contributed by atoms with Crippen molar-refractivity contribution >= 4 is 17.3 Å². The van der Waals surface area contributed by atoms with E-state index in [-0.39, 0.29) is 11.6 Å². The Morgan fingerprint density at radius 2 is 2.19 bits per heavy atom. The lowest BCUT2D eigenvalue weighted by molar-refractivity contribution is 0.102. The van der Waals surface area contributed by atoms with E-state index in [1.165, 1.54) is 6.20 Å². The van der Waals surface area contributed by atoms with Gasteiger partial charge in [-0.1, -0.05) is 11.2 Å². The first-order chi connectivity index (χ1) is 12.7. The molecule has 1 aromatic carbocycles. The fraction of sp³-hybridized carbons (Fsp3) is 0.105. The lowest BCUT2D eigenvalue weighted by Crippen LogP contribution is -2.16.